The number of nitrogens with one attached hydrogen (secondary N) is 1. The minimum Gasteiger partial charge on any atom is -0.479 e. The summed E-state index contributed by atoms with van der Waals surface area (Å²) in [5, 5.41) is 11.9. The van der Waals surface area contributed by atoms with Gasteiger partial charge in [-0.25, -0.2) is 9.59 Å². The molecule has 0 fully saturated rings. The average molecular weight is 496 g/mol. The van der Waals surface area contributed by atoms with E-state index in [-0.39, 0.29) is 11.3 Å². The number of nitrogens with zero attached hydrogens (tertiary/aromatic N) is 1. The Hall–Kier alpha value is -2.87. The molecule has 2 rings (SSSR count). The van der Waals surface area contributed by atoms with Crippen molar-refractivity contribution in [3.8, 4) is 0 Å². The van der Waals surface area contributed by atoms with E-state index in [1.54, 1.807) is 0 Å². The number of halogens is 3. The number of hydrogen-bond acceptors (Lipinski definition) is 6. The van der Waals surface area contributed by atoms with Crippen LogP contribution in [0.5, 0.6) is 0 Å². The first-order valence-electron chi connectivity index (χ1n) is 9.59. The molecule has 1 aromatic rings. The second-order valence-electron chi connectivity index (χ2n) is 8.36. The van der Waals surface area contributed by atoms with Crippen LogP contribution in [0.25, 0.3) is 0 Å². The third-order valence-corrected chi connectivity index (χ3v) is 6.17. The number of amides is 2. The van der Waals surface area contributed by atoms with E-state index in [1.807, 2.05) is 0 Å². The fraction of sp³-hybridized carbons (Fsp3) is 0.526. The molecule has 0 spiro atoms. The summed E-state index contributed by atoms with van der Waals surface area (Å²) in [4.78, 5) is 34.4. The molecule has 0 aliphatic carbocycles. The lowest BCUT2D eigenvalue weighted by molar-refractivity contribution is -0.142. The van der Waals surface area contributed by atoms with Gasteiger partial charge in [0, 0.05) is 12.1 Å². The van der Waals surface area contributed by atoms with Gasteiger partial charge in [-0.1, -0.05) is 6.92 Å². The highest BCUT2D eigenvalue weighted by molar-refractivity contribution is 7.88. The Morgan fingerprint density at radius 2 is 1.82 bits per heavy atom. The fourth-order valence-electron chi connectivity index (χ4n) is 3.38. The van der Waals surface area contributed by atoms with Gasteiger partial charge in [0.15, 0.2) is 0 Å². The highest BCUT2D eigenvalue weighted by Crippen LogP contribution is 2.45. The monoisotopic (exact) mass is 496 g/mol. The lowest BCUT2D eigenvalue weighted by Gasteiger charge is -2.34. The van der Waals surface area contributed by atoms with Crippen LogP contribution in [-0.2, 0) is 37.0 Å². The first kappa shape index (κ1) is 26.4. The van der Waals surface area contributed by atoms with Crippen molar-refractivity contribution < 1.29 is 50.4 Å². The van der Waals surface area contributed by atoms with Crippen LogP contribution in [0.2, 0.25) is 0 Å². The number of carboxylic acids is 1. The molecular formula is C19H23F3N2O8S. The number of hydrogen-bond donors (Lipinski definition) is 3. The Kier molecular flexibility index (Phi) is 6.78. The van der Waals surface area contributed by atoms with Crippen molar-refractivity contribution in [3.63, 3.8) is 0 Å². The summed E-state index contributed by atoms with van der Waals surface area (Å²) in [6, 6.07) is 0.275. The van der Waals surface area contributed by atoms with Crippen LogP contribution in [0.15, 0.2) is 18.2 Å². The molecule has 0 saturated heterocycles. The topological polar surface area (TPSA) is 150 Å². The maximum absolute atomic E-state index is 13.3. The molecule has 14 heteroatoms. The normalized spacial score (nSPS) is 19.6. The molecule has 33 heavy (non-hydrogen) atoms. The van der Waals surface area contributed by atoms with Crippen LogP contribution < -0.4 is 10.2 Å². The van der Waals surface area contributed by atoms with Gasteiger partial charge in [0.2, 0.25) is 0 Å². The quantitative estimate of drug-likeness (QED) is 0.527. The molecule has 0 aromatic heterocycles. The number of aliphatic carboxylic acids is 1. The van der Waals surface area contributed by atoms with Crippen molar-refractivity contribution >= 4 is 33.8 Å². The number of benzene rings is 1. The highest BCUT2D eigenvalue weighted by atomic mass is 32.2. The predicted octanol–water partition coefficient (Wildman–Crippen LogP) is 2.57. The fourth-order valence-corrected chi connectivity index (χ4v) is 4.36. The van der Waals surface area contributed by atoms with Crippen LogP contribution >= 0.6 is 0 Å². The summed E-state index contributed by atoms with van der Waals surface area (Å²) in [7, 11) is -5.59. The van der Waals surface area contributed by atoms with Crippen molar-refractivity contribution in [2.45, 2.75) is 63.2 Å². The van der Waals surface area contributed by atoms with Gasteiger partial charge >= 0.3 is 28.4 Å². The van der Waals surface area contributed by atoms with E-state index in [2.05, 4.69) is 5.32 Å². The summed E-state index contributed by atoms with van der Waals surface area (Å²) in [6.07, 6.45) is -7.20. The number of anilines is 1. The number of fused-ring (bicyclic) bond motifs is 1. The Balaban J connectivity index is 2.64. The van der Waals surface area contributed by atoms with E-state index in [0.29, 0.717) is 12.1 Å². The Bertz CT molecular complexity index is 1080. The van der Waals surface area contributed by atoms with Crippen LogP contribution in [0.4, 0.5) is 23.7 Å². The molecule has 1 aliphatic heterocycles. The molecule has 1 heterocycles. The van der Waals surface area contributed by atoms with Crippen molar-refractivity contribution in [2.24, 2.45) is 0 Å². The van der Waals surface area contributed by atoms with E-state index < -0.39 is 74.0 Å². The third kappa shape index (κ3) is 5.05. The summed E-state index contributed by atoms with van der Waals surface area (Å²) in [6.45, 7) is 6.04. The summed E-state index contributed by atoms with van der Waals surface area (Å²) < 4.78 is 78.7. The summed E-state index contributed by atoms with van der Waals surface area (Å²) in [5.41, 5.74) is -3.06. The van der Waals surface area contributed by atoms with Gasteiger partial charge in [-0.2, -0.15) is 21.6 Å². The number of alkyl halides is 3. The van der Waals surface area contributed by atoms with Gasteiger partial charge < -0.3 is 15.2 Å². The van der Waals surface area contributed by atoms with Gasteiger partial charge in [0.05, 0.1) is 5.56 Å². The summed E-state index contributed by atoms with van der Waals surface area (Å²) >= 11 is 0. The van der Waals surface area contributed by atoms with Gasteiger partial charge in [-0.3, -0.25) is 14.2 Å². The molecule has 0 unspecified atom stereocenters. The molecule has 0 saturated carbocycles. The molecule has 184 valence electrons. The van der Waals surface area contributed by atoms with Gasteiger partial charge in [0.1, 0.15) is 11.6 Å². The lowest BCUT2D eigenvalue weighted by atomic mass is 10.1. The van der Waals surface area contributed by atoms with Gasteiger partial charge in [-0.15, -0.1) is 0 Å². The molecule has 1 aromatic carbocycles. The minimum atomic E-state index is -5.59. The van der Waals surface area contributed by atoms with Crippen LogP contribution in [0, 0.1) is 0 Å². The third-order valence-electron chi connectivity index (χ3n) is 4.82. The predicted molar refractivity (Wildman–Crippen MR) is 108 cm³/mol. The Morgan fingerprint density at radius 3 is 2.24 bits per heavy atom. The van der Waals surface area contributed by atoms with Crippen LogP contribution in [-0.4, -0.2) is 52.6 Å². The van der Waals surface area contributed by atoms with Crippen molar-refractivity contribution in [1.82, 2.24) is 5.32 Å². The minimum absolute atomic E-state index is 0.161. The number of alkyl carbamates (subject to hydrolysis) is 1. The molecule has 3 N–H and O–H groups in total. The van der Waals surface area contributed by atoms with Crippen LogP contribution in [0.3, 0.4) is 0 Å². The zero-order valence-corrected chi connectivity index (χ0v) is 18.9. The Labute approximate surface area is 187 Å². The van der Waals surface area contributed by atoms with Gasteiger partial charge in [0.25, 0.3) is 10.8 Å². The molecule has 10 nitrogen and oxygen atoms in total. The maximum Gasteiger partial charge on any atom is 0.416 e. The maximum atomic E-state index is 13.3. The molecule has 0 bridgehead atoms. The van der Waals surface area contributed by atoms with Crippen LogP contribution in [0.1, 0.15) is 45.2 Å². The first-order valence-corrected chi connectivity index (χ1v) is 11.0. The van der Waals surface area contributed by atoms with E-state index in [4.69, 9.17) is 4.74 Å². The number of carbonyl (C=O) groups is 3. The van der Waals surface area contributed by atoms with E-state index in [1.165, 1.54) is 27.7 Å². The number of carboxylic acid groups (broad SMARTS) is 1. The van der Waals surface area contributed by atoms with E-state index in [0.717, 1.165) is 6.07 Å². The van der Waals surface area contributed by atoms with E-state index in [9.17, 15) is 45.6 Å². The van der Waals surface area contributed by atoms with Crippen molar-refractivity contribution in [1.29, 1.82) is 0 Å². The van der Waals surface area contributed by atoms with E-state index >= 15 is 0 Å². The number of rotatable bonds is 5. The number of carbonyl (C=O) groups excluding carboxylic acids is 2. The SMILES string of the molecule is CC[C@H](NC(=O)OC(C)(C)C)C(=O)N1c2ccc(C(F)(F)F)cc2C[C@@]1(C(=O)O)S(=O)(=O)O. The van der Waals surface area contributed by atoms with Gasteiger partial charge in [-0.05, 0) is 51.0 Å². The largest absolute Gasteiger partial charge is 0.479 e. The summed E-state index contributed by atoms with van der Waals surface area (Å²) in [5.74, 6) is -3.46. The smallest absolute Gasteiger partial charge is 0.416 e. The average Bonchev–Trinajstić information content (AvgIpc) is 2.99. The number of ether oxygens (including phenoxy) is 1. The molecule has 0 radical (unpaired) electrons. The lowest BCUT2D eigenvalue weighted by Crippen LogP contribution is -2.64. The molecule has 2 atom stereocenters. The molecule has 1 aliphatic rings. The molecular weight excluding hydrogens is 473 g/mol. The second-order valence-corrected chi connectivity index (χ2v) is 9.99. The standard InChI is InChI=1S/C19H23F3N2O8S/c1-5-12(23-16(28)32-17(2,3)4)14(25)24-13-7-6-11(19(20,21)22)8-10(13)9-18(24,15(26)27)33(29,30)31/h6-8,12H,5,9H2,1-4H3,(H,23,28)(H,26,27)(H,29,30,31)/t12-,18-/m0/s1. The Morgan fingerprint density at radius 1 is 1.24 bits per heavy atom. The van der Waals surface area contributed by atoms with Crippen molar-refractivity contribution in [2.75, 3.05) is 4.90 Å². The second kappa shape index (κ2) is 8.48. The van der Waals surface area contributed by atoms with Crippen molar-refractivity contribution in [3.05, 3.63) is 29.3 Å². The zero-order chi connectivity index (χ0) is 25.6. The zero-order valence-electron chi connectivity index (χ0n) is 18.1. The highest BCUT2D eigenvalue weighted by Gasteiger charge is 2.63. The first-order chi connectivity index (χ1) is 14.8. The molecule has 2 amide bonds.